The van der Waals surface area contributed by atoms with Crippen LogP contribution in [0.4, 0.5) is 4.39 Å². The Kier molecular flexibility index (Phi) is 3.39. The van der Waals surface area contributed by atoms with Gasteiger partial charge in [-0.3, -0.25) is 4.79 Å². The van der Waals surface area contributed by atoms with Crippen molar-refractivity contribution in [2.75, 3.05) is 6.61 Å². The molecule has 1 amide bonds. The maximum atomic E-state index is 12.8. The molecule has 0 spiro atoms. The lowest BCUT2D eigenvalue weighted by Gasteiger charge is -2.05. The van der Waals surface area contributed by atoms with Crippen molar-refractivity contribution in [2.45, 2.75) is 12.5 Å². The van der Waals surface area contributed by atoms with Crippen LogP contribution < -0.4 is 5.32 Å². The van der Waals surface area contributed by atoms with E-state index in [1.165, 1.54) is 30.3 Å². The van der Waals surface area contributed by atoms with E-state index >= 15 is 0 Å². The molecule has 1 unspecified atom stereocenters. The topological polar surface area (TPSA) is 81.4 Å². The van der Waals surface area contributed by atoms with Crippen LogP contribution in [0, 0.1) is 5.82 Å². The molecule has 21 heavy (non-hydrogen) atoms. The molecule has 3 rings (SSSR count). The number of ether oxygens (including phenoxy) is 1. The van der Waals surface area contributed by atoms with Gasteiger partial charge in [-0.05, 0) is 24.3 Å². The average molecular weight is 290 g/mol. The molecule has 0 radical (unpaired) electrons. The number of nitrogens with zero attached hydrogens (tertiary/aromatic N) is 1. The number of amides is 1. The number of esters is 1. The molecule has 6 nitrogen and oxygen atoms in total. The summed E-state index contributed by atoms with van der Waals surface area (Å²) in [6, 6.07) is 6.42. The third kappa shape index (κ3) is 2.76. The number of rotatable bonds is 3. The van der Waals surface area contributed by atoms with Gasteiger partial charge in [0.05, 0.1) is 6.61 Å². The van der Waals surface area contributed by atoms with E-state index < -0.39 is 17.9 Å². The van der Waals surface area contributed by atoms with Crippen molar-refractivity contribution in [2.24, 2.45) is 0 Å². The number of benzene rings is 1. The van der Waals surface area contributed by atoms with E-state index in [4.69, 9.17) is 9.26 Å². The van der Waals surface area contributed by atoms with Gasteiger partial charge in [0.25, 0.3) is 5.91 Å². The highest BCUT2D eigenvalue weighted by atomic mass is 19.1. The Labute approximate surface area is 118 Å². The molecule has 2 heterocycles. The van der Waals surface area contributed by atoms with E-state index in [9.17, 15) is 14.0 Å². The van der Waals surface area contributed by atoms with E-state index in [2.05, 4.69) is 10.5 Å². The largest absolute Gasteiger partial charge is 0.464 e. The Balaban J connectivity index is 1.73. The number of cyclic esters (lactones) is 1. The van der Waals surface area contributed by atoms with Crippen LogP contribution in [-0.2, 0) is 9.53 Å². The summed E-state index contributed by atoms with van der Waals surface area (Å²) in [5.41, 5.74) is 1.04. The van der Waals surface area contributed by atoms with Crippen LogP contribution in [0.5, 0.6) is 0 Å². The molecule has 1 aromatic heterocycles. The average Bonchev–Trinajstić information content (AvgIpc) is 3.10. The minimum absolute atomic E-state index is 0.0194. The van der Waals surface area contributed by atoms with Crippen molar-refractivity contribution in [1.82, 2.24) is 10.5 Å². The Morgan fingerprint density at radius 1 is 1.33 bits per heavy atom. The van der Waals surface area contributed by atoms with E-state index in [0.717, 1.165) is 0 Å². The van der Waals surface area contributed by atoms with Crippen molar-refractivity contribution in [3.63, 3.8) is 0 Å². The van der Waals surface area contributed by atoms with Crippen LogP contribution in [0.3, 0.4) is 0 Å². The Hall–Kier alpha value is -2.70. The first-order chi connectivity index (χ1) is 10.1. The number of hydrogen-bond acceptors (Lipinski definition) is 5. The predicted molar refractivity (Wildman–Crippen MR) is 68.7 cm³/mol. The molecule has 0 saturated carbocycles. The van der Waals surface area contributed by atoms with Gasteiger partial charge in [0.2, 0.25) is 5.76 Å². The highest BCUT2D eigenvalue weighted by Crippen LogP contribution is 2.19. The fraction of sp³-hybridized carbons (Fsp3) is 0.214. The number of halogens is 1. The van der Waals surface area contributed by atoms with Crippen molar-refractivity contribution in [3.05, 3.63) is 41.9 Å². The minimum atomic E-state index is -0.656. The number of hydrogen-bond donors (Lipinski definition) is 1. The fourth-order valence-corrected chi connectivity index (χ4v) is 2.00. The molecule has 1 fully saturated rings. The monoisotopic (exact) mass is 290 g/mol. The molecule has 0 bridgehead atoms. The van der Waals surface area contributed by atoms with Gasteiger partial charge < -0.3 is 14.6 Å². The summed E-state index contributed by atoms with van der Waals surface area (Å²) in [6.45, 7) is 0.293. The van der Waals surface area contributed by atoms with Crippen LogP contribution in [-0.4, -0.2) is 29.7 Å². The second-order valence-electron chi connectivity index (χ2n) is 4.57. The van der Waals surface area contributed by atoms with Gasteiger partial charge in [0.15, 0.2) is 0 Å². The fourth-order valence-electron chi connectivity index (χ4n) is 2.00. The summed E-state index contributed by atoms with van der Waals surface area (Å²) in [5, 5.41) is 6.27. The van der Waals surface area contributed by atoms with Gasteiger partial charge in [-0.1, -0.05) is 5.16 Å². The van der Waals surface area contributed by atoms with Gasteiger partial charge in [-0.25, -0.2) is 9.18 Å². The number of nitrogens with one attached hydrogen (secondary N) is 1. The van der Waals surface area contributed by atoms with Crippen molar-refractivity contribution < 1.29 is 23.2 Å². The smallest absolute Gasteiger partial charge is 0.328 e. The summed E-state index contributed by atoms with van der Waals surface area (Å²) in [4.78, 5) is 23.2. The summed E-state index contributed by atoms with van der Waals surface area (Å²) >= 11 is 0. The van der Waals surface area contributed by atoms with E-state index in [0.29, 0.717) is 24.3 Å². The first kappa shape index (κ1) is 13.3. The molecular formula is C14H11FN2O4. The first-order valence-electron chi connectivity index (χ1n) is 6.33. The lowest BCUT2D eigenvalue weighted by atomic mass is 10.1. The second kappa shape index (κ2) is 5.35. The summed E-state index contributed by atoms with van der Waals surface area (Å²) in [5.74, 6) is -1.38. The molecule has 1 aromatic carbocycles. The summed E-state index contributed by atoms with van der Waals surface area (Å²) < 4.78 is 22.5. The van der Waals surface area contributed by atoms with Crippen LogP contribution in [0.25, 0.3) is 11.3 Å². The number of aromatic nitrogens is 1. The third-order valence-electron chi connectivity index (χ3n) is 3.11. The van der Waals surface area contributed by atoms with Gasteiger partial charge in [-0.15, -0.1) is 0 Å². The van der Waals surface area contributed by atoms with E-state index in [1.54, 1.807) is 0 Å². The Bertz CT molecular complexity index is 681. The molecule has 1 atom stereocenters. The van der Waals surface area contributed by atoms with Crippen molar-refractivity contribution in [3.8, 4) is 11.3 Å². The van der Waals surface area contributed by atoms with Gasteiger partial charge in [0, 0.05) is 18.1 Å². The summed E-state index contributed by atoms with van der Waals surface area (Å²) in [7, 11) is 0. The molecule has 1 saturated heterocycles. The maximum Gasteiger partial charge on any atom is 0.328 e. The quantitative estimate of drug-likeness (QED) is 0.867. The van der Waals surface area contributed by atoms with Crippen LogP contribution in [0.1, 0.15) is 17.0 Å². The molecule has 1 aliphatic heterocycles. The zero-order valence-electron chi connectivity index (χ0n) is 10.8. The molecule has 7 heteroatoms. The van der Waals surface area contributed by atoms with Gasteiger partial charge in [0.1, 0.15) is 17.6 Å². The molecule has 1 aliphatic rings. The lowest BCUT2D eigenvalue weighted by Crippen LogP contribution is -2.37. The first-order valence-corrected chi connectivity index (χ1v) is 6.33. The van der Waals surface area contributed by atoms with Gasteiger partial charge in [-0.2, -0.15) is 0 Å². The van der Waals surface area contributed by atoms with Crippen LogP contribution in [0.15, 0.2) is 34.9 Å². The number of carbonyl (C=O) groups is 2. The second-order valence-corrected chi connectivity index (χ2v) is 4.57. The highest BCUT2D eigenvalue weighted by molar-refractivity contribution is 5.95. The molecule has 108 valence electrons. The number of carbonyl (C=O) groups excluding carboxylic acids is 2. The summed E-state index contributed by atoms with van der Waals surface area (Å²) in [6.07, 6.45) is 0.434. The van der Waals surface area contributed by atoms with E-state index in [-0.39, 0.29) is 11.6 Å². The Morgan fingerprint density at radius 2 is 2.10 bits per heavy atom. The standard InChI is InChI=1S/C14H11FN2O4/c15-9-3-1-8(2-4-9)11-7-12(21-17-11)13(18)16-10-5-6-20-14(10)19/h1-4,7,10H,5-6H2,(H,16,18). The van der Waals surface area contributed by atoms with Crippen molar-refractivity contribution in [1.29, 1.82) is 0 Å². The lowest BCUT2D eigenvalue weighted by molar-refractivity contribution is -0.139. The highest BCUT2D eigenvalue weighted by Gasteiger charge is 2.29. The third-order valence-corrected chi connectivity index (χ3v) is 3.11. The predicted octanol–water partition coefficient (Wildman–Crippen LogP) is 1.53. The zero-order chi connectivity index (χ0) is 14.8. The molecule has 1 N–H and O–H groups in total. The maximum absolute atomic E-state index is 12.8. The SMILES string of the molecule is O=C(NC1CCOC1=O)c1cc(-c2ccc(F)cc2)no1. The minimum Gasteiger partial charge on any atom is -0.464 e. The normalized spacial score (nSPS) is 17.6. The van der Waals surface area contributed by atoms with Crippen LogP contribution >= 0.6 is 0 Å². The van der Waals surface area contributed by atoms with Crippen molar-refractivity contribution >= 4 is 11.9 Å². The molecular weight excluding hydrogens is 279 g/mol. The van der Waals surface area contributed by atoms with Gasteiger partial charge >= 0.3 is 5.97 Å². The zero-order valence-corrected chi connectivity index (χ0v) is 10.8. The molecule has 2 aromatic rings. The van der Waals surface area contributed by atoms with Crippen LogP contribution in [0.2, 0.25) is 0 Å². The molecule has 0 aliphatic carbocycles. The van der Waals surface area contributed by atoms with E-state index in [1.807, 2.05) is 0 Å². The Morgan fingerprint density at radius 3 is 2.76 bits per heavy atom.